The standard InChI is InChI=1S/C9H13N3O4.H3O4P/c1-4-6(13)7(14)8(16-4)12-3-2-5(10)11-9(12)15;1-5(2,3)4/h2-4,6-8,13-14H,1H3,(H2,10,11,15);(H3,1,2,3,4)/t4-,6-,7-,8-;/m1./s1. The fourth-order valence-electron chi connectivity index (χ4n) is 1.68. The van der Waals surface area contributed by atoms with Gasteiger partial charge in [0.15, 0.2) is 6.23 Å². The molecular formula is C9H16N3O8P. The summed E-state index contributed by atoms with van der Waals surface area (Å²) in [4.78, 5) is 36.6. The minimum atomic E-state index is -4.64. The number of nitrogens with two attached hydrogens (primary N) is 1. The van der Waals surface area contributed by atoms with Crippen LogP contribution in [0.15, 0.2) is 17.1 Å². The summed E-state index contributed by atoms with van der Waals surface area (Å²) in [6.07, 6.45) is -2.26. The number of phosphoric acid groups is 1. The Bertz CT molecular complexity index is 578. The number of nitrogen functional groups attached to an aromatic ring is 1. The molecule has 1 fully saturated rings. The second-order valence-corrected chi connectivity index (χ2v) is 5.30. The minimum absolute atomic E-state index is 0.0994. The van der Waals surface area contributed by atoms with Crippen molar-refractivity contribution in [2.24, 2.45) is 0 Å². The quantitative estimate of drug-likeness (QED) is 0.302. The van der Waals surface area contributed by atoms with Crippen LogP contribution in [0.3, 0.4) is 0 Å². The van der Waals surface area contributed by atoms with Crippen LogP contribution < -0.4 is 11.4 Å². The molecule has 1 saturated heterocycles. The number of aromatic nitrogens is 2. The van der Waals surface area contributed by atoms with E-state index in [1.54, 1.807) is 6.92 Å². The highest BCUT2D eigenvalue weighted by atomic mass is 31.2. The van der Waals surface area contributed by atoms with Crippen molar-refractivity contribution in [2.45, 2.75) is 31.5 Å². The molecule has 2 heterocycles. The molecule has 0 saturated carbocycles. The second-order valence-electron chi connectivity index (χ2n) is 4.27. The van der Waals surface area contributed by atoms with Gasteiger partial charge in [-0.15, -0.1) is 0 Å². The molecular weight excluding hydrogens is 309 g/mol. The summed E-state index contributed by atoms with van der Waals surface area (Å²) in [5.41, 5.74) is 4.72. The molecule has 1 aromatic heterocycles. The lowest BCUT2D eigenvalue weighted by molar-refractivity contribution is -0.0349. The zero-order chi connectivity index (χ0) is 16.4. The number of aliphatic hydroxyl groups excluding tert-OH is 2. The summed E-state index contributed by atoms with van der Waals surface area (Å²) in [6.45, 7) is 1.61. The van der Waals surface area contributed by atoms with Crippen molar-refractivity contribution in [3.8, 4) is 0 Å². The van der Waals surface area contributed by atoms with Crippen LogP contribution in [0.25, 0.3) is 0 Å². The third-order valence-electron chi connectivity index (χ3n) is 2.60. The van der Waals surface area contributed by atoms with E-state index < -0.39 is 38.1 Å². The van der Waals surface area contributed by atoms with E-state index >= 15 is 0 Å². The zero-order valence-electron chi connectivity index (χ0n) is 10.8. The highest BCUT2D eigenvalue weighted by Crippen LogP contribution is 2.27. The van der Waals surface area contributed by atoms with Crippen molar-refractivity contribution in [1.29, 1.82) is 0 Å². The van der Waals surface area contributed by atoms with Gasteiger partial charge in [-0.25, -0.2) is 9.36 Å². The Kier molecular flexibility index (Phi) is 5.59. The number of hydrogen-bond donors (Lipinski definition) is 6. The molecule has 0 bridgehead atoms. The van der Waals surface area contributed by atoms with Gasteiger partial charge in [-0.05, 0) is 13.0 Å². The van der Waals surface area contributed by atoms with E-state index in [1.165, 1.54) is 12.3 Å². The number of anilines is 1. The van der Waals surface area contributed by atoms with Gasteiger partial charge < -0.3 is 35.4 Å². The normalized spacial score (nSPS) is 28.9. The monoisotopic (exact) mass is 325 g/mol. The molecule has 1 aliphatic rings. The summed E-state index contributed by atoms with van der Waals surface area (Å²) in [5, 5.41) is 19.2. The first-order chi connectivity index (χ1) is 9.50. The maximum absolute atomic E-state index is 11.5. The molecule has 7 N–H and O–H groups in total. The SMILES string of the molecule is C[C@H]1O[C@@H](n2ccc(N)nc2=O)[C@H](O)[C@@H]1O.O=P(O)(O)O. The molecule has 11 nitrogen and oxygen atoms in total. The largest absolute Gasteiger partial charge is 0.466 e. The van der Waals surface area contributed by atoms with E-state index in [9.17, 15) is 15.0 Å². The Balaban J connectivity index is 0.000000383. The van der Waals surface area contributed by atoms with Crippen molar-refractivity contribution in [1.82, 2.24) is 9.55 Å². The van der Waals surface area contributed by atoms with E-state index in [2.05, 4.69) is 4.98 Å². The van der Waals surface area contributed by atoms with Gasteiger partial charge in [-0.3, -0.25) is 4.57 Å². The van der Waals surface area contributed by atoms with E-state index in [1.807, 2.05) is 0 Å². The lowest BCUT2D eigenvalue weighted by Gasteiger charge is -2.16. The molecule has 0 aliphatic carbocycles. The van der Waals surface area contributed by atoms with Crippen molar-refractivity contribution < 1.29 is 34.2 Å². The van der Waals surface area contributed by atoms with Gasteiger partial charge in [-0.2, -0.15) is 4.98 Å². The Morgan fingerprint density at radius 2 is 1.86 bits per heavy atom. The van der Waals surface area contributed by atoms with Crippen LogP contribution in [-0.4, -0.2) is 52.8 Å². The first-order valence-electron chi connectivity index (χ1n) is 5.65. The van der Waals surface area contributed by atoms with Gasteiger partial charge in [0.2, 0.25) is 0 Å². The van der Waals surface area contributed by atoms with Crippen molar-refractivity contribution in [2.75, 3.05) is 5.73 Å². The topological polar surface area (TPSA) is 188 Å². The number of ether oxygens (including phenoxy) is 1. The molecule has 21 heavy (non-hydrogen) atoms. The predicted molar refractivity (Wildman–Crippen MR) is 68.8 cm³/mol. The Labute approximate surface area is 118 Å². The average Bonchev–Trinajstić information content (AvgIpc) is 2.55. The van der Waals surface area contributed by atoms with Gasteiger partial charge in [-0.1, -0.05) is 0 Å². The summed E-state index contributed by atoms with van der Waals surface area (Å²) in [6, 6.07) is 1.42. The molecule has 2 rings (SSSR count). The molecule has 1 aromatic rings. The summed E-state index contributed by atoms with van der Waals surface area (Å²) >= 11 is 0. The van der Waals surface area contributed by atoms with Crippen molar-refractivity contribution >= 4 is 13.6 Å². The predicted octanol–water partition coefficient (Wildman–Crippen LogP) is -2.46. The van der Waals surface area contributed by atoms with Crippen LogP contribution in [0.4, 0.5) is 5.82 Å². The van der Waals surface area contributed by atoms with E-state index in [0.717, 1.165) is 4.57 Å². The van der Waals surface area contributed by atoms with Crippen molar-refractivity contribution in [3.63, 3.8) is 0 Å². The highest BCUT2D eigenvalue weighted by Gasteiger charge is 2.41. The van der Waals surface area contributed by atoms with E-state index in [0.29, 0.717) is 0 Å². The molecule has 0 radical (unpaired) electrons. The number of nitrogens with zero attached hydrogens (tertiary/aromatic N) is 2. The summed E-state index contributed by atoms with van der Waals surface area (Å²) in [7, 11) is -4.64. The first-order valence-corrected chi connectivity index (χ1v) is 7.21. The fraction of sp³-hybridized carbons (Fsp3) is 0.556. The zero-order valence-corrected chi connectivity index (χ0v) is 11.7. The smallest absolute Gasteiger partial charge is 0.388 e. The summed E-state index contributed by atoms with van der Waals surface area (Å²) in [5.74, 6) is 0.0994. The van der Waals surface area contributed by atoms with Crippen LogP contribution in [0, 0.1) is 0 Å². The van der Waals surface area contributed by atoms with E-state index in [-0.39, 0.29) is 5.82 Å². The molecule has 120 valence electrons. The van der Waals surface area contributed by atoms with Gasteiger partial charge in [0.05, 0.1) is 6.10 Å². The molecule has 12 heteroatoms. The number of aliphatic hydroxyl groups is 2. The average molecular weight is 325 g/mol. The van der Waals surface area contributed by atoms with Crippen LogP contribution in [0.1, 0.15) is 13.2 Å². The molecule has 1 aliphatic heterocycles. The number of hydrogen-bond acceptors (Lipinski definition) is 7. The minimum Gasteiger partial charge on any atom is -0.388 e. The molecule has 4 atom stereocenters. The molecule has 0 unspecified atom stereocenters. The van der Waals surface area contributed by atoms with E-state index in [4.69, 9.17) is 29.7 Å². The van der Waals surface area contributed by atoms with Gasteiger partial charge in [0.25, 0.3) is 0 Å². The molecule has 0 aromatic carbocycles. The Morgan fingerprint density at radius 3 is 2.24 bits per heavy atom. The van der Waals surface area contributed by atoms with Crippen LogP contribution in [0.5, 0.6) is 0 Å². The summed E-state index contributed by atoms with van der Waals surface area (Å²) < 4.78 is 15.3. The Morgan fingerprint density at radius 1 is 1.33 bits per heavy atom. The van der Waals surface area contributed by atoms with Gasteiger partial charge in [0.1, 0.15) is 18.0 Å². The fourth-order valence-corrected chi connectivity index (χ4v) is 1.68. The van der Waals surface area contributed by atoms with Gasteiger partial charge in [0, 0.05) is 6.20 Å². The molecule has 0 spiro atoms. The number of rotatable bonds is 1. The maximum Gasteiger partial charge on any atom is 0.466 e. The third kappa shape index (κ3) is 5.17. The van der Waals surface area contributed by atoms with Crippen LogP contribution in [0.2, 0.25) is 0 Å². The lowest BCUT2D eigenvalue weighted by Crippen LogP contribution is -2.35. The first kappa shape index (κ1) is 17.7. The van der Waals surface area contributed by atoms with Crippen molar-refractivity contribution in [3.05, 3.63) is 22.7 Å². The van der Waals surface area contributed by atoms with Crippen LogP contribution >= 0.6 is 7.82 Å². The lowest BCUT2D eigenvalue weighted by atomic mass is 10.1. The van der Waals surface area contributed by atoms with Crippen LogP contribution in [-0.2, 0) is 9.30 Å². The third-order valence-corrected chi connectivity index (χ3v) is 2.60. The molecule has 0 amide bonds. The Hall–Kier alpha value is -1.33. The van der Waals surface area contributed by atoms with Gasteiger partial charge >= 0.3 is 13.5 Å². The second kappa shape index (κ2) is 6.62. The highest BCUT2D eigenvalue weighted by molar-refractivity contribution is 7.45. The maximum atomic E-state index is 11.5.